The molecule has 0 radical (unpaired) electrons. The zero-order valence-electron chi connectivity index (χ0n) is 18.3. The highest BCUT2D eigenvalue weighted by Gasteiger charge is 2.30. The summed E-state index contributed by atoms with van der Waals surface area (Å²) >= 11 is 0. The summed E-state index contributed by atoms with van der Waals surface area (Å²) in [4.78, 5) is 28.1. The van der Waals surface area contributed by atoms with Gasteiger partial charge in [-0.15, -0.1) is 0 Å². The van der Waals surface area contributed by atoms with E-state index in [9.17, 15) is 22.8 Å². The predicted octanol–water partition coefficient (Wildman–Crippen LogP) is 5.91. The first-order chi connectivity index (χ1) is 15.7. The summed E-state index contributed by atoms with van der Waals surface area (Å²) in [6.45, 7) is 3.64. The van der Waals surface area contributed by atoms with Gasteiger partial charge in [0.1, 0.15) is 5.69 Å². The van der Waals surface area contributed by atoms with Crippen LogP contribution in [0.4, 0.5) is 23.7 Å². The van der Waals surface area contributed by atoms with Crippen LogP contribution in [0.1, 0.15) is 51.7 Å². The molecule has 0 fully saturated rings. The first-order valence-corrected chi connectivity index (χ1v) is 10.4. The summed E-state index contributed by atoms with van der Waals surface area (Å²) in [5, 5.41) is 5.12. The van der Waals surface area contributed by atoms with Crippen LogP contribution in [0.25, 0.3) is 0 Å². The van der Waals surface area contributed by atoms with Crippen molar-refractivity contribution in [2.45, 2.75) is 39.4 Å². The highest BCUT2D eigenvalue weighted by molar-refractivity contribution is 5.94. The summed E-state index contributed by atoms with van der Waals surface area (Å²) in [6.07, 6.45) is -1.82. The molecule has 3 rings (SSSR count). The first kappa shape index (κ1) is 24.0. The molecule has 0 aliphatic carbocycles. The number of nitrogens with one attached hydrogen (secondary N) is 2. The van der Waals surface area contributed by atoms with Crippen molar-refractivity contribution in [2.24, 2.45) is 0 Å². The number of anilines is 1. The predicted molar refractivity (Wildman–Crippen MR) is 120 cm³/mol. The molecule has 0 saturated carbocycles. The van der Waals surface area contributed by atoms with Crippen molar-refractivity contribution in [3.05, 3.63) is 94.3 Å². The number of urea groups is 1. The Labute approximate surface area is 190 Å². The lowest BCUT2D eigenvalue weighted by molar-refractivity contribution is -0.137. The van der Waals surface area contributed by atoms with Crippen LogP contribution < -0.4 is 10.6 Å². The summed E-state index contributed by atoms with van der Waals surface area (Å²) in [6, 6.07) is 13.9. The Bertz CT molecular complexity index is 1140. The molecular weight excluding hydrogens is 431 g/mol. The van der Waals surface area contributed by atoms with Crippen molar-refractivity contribution in [1.82, 2.24) is 10.3 Å². The van der Waals surface area contributed by atoms with Crippen LogP contribution in [-0.2, 0) is 19.1 Å². The van der Waals surface area contributed by atoms with Crippen LogP contribution in [0.5, 0.6) is 0 Å². The van der Waals surface area contributed by atoms with Gasteiger partial charge in [-0.25, -0.2) is 4.79 Å². The lowest BCUT2D eigenvalue weighted by Gasteiger charge is -2.13. The number of pyridine rings is 1. The summed E-state index contributed by atoms with van der Waals surface area (Å²) < 4.78 is 38.7. The Kier molecular flexibility index (Phi) is 7.48. The van der Waals surface area contributed by atoms with Crippen molar-refractivity contribution in [3.63, 3.8) is 0 Å². The largest absolute Gasteiger partial charge is 0.416 e. The third-order valence-electron chi connectivity index (χ3n) is 5.13. The van der Waals surface area contributed by atoms with Crippen LogP contribution in [-0.4, -0.2) is 16.8 Å². The van der Waals surface area contributed by atoms with Gasteiger partial charge in [0.05, 0.1) is 5.56 Å². The van der Waals surface area contributed by atoms with Gasteiger partial charge < -0.3 is 10.6 Å². The molecule has 33 heavy (non-hydrogen) atoms. The molecule has 0 atom stereocenters. The maximum Gasteiger partial charge on any atom is 0.416 e. The minimum absolute atomic E-state index is 0.00289. The smallest absolute Gasteiger partial charge is 0.334 e. The third-order valence-corrected chi connectivity index (χ3v) is 5.13. The zero-order chi connectivity index (χ0) is 24.0. The number of aromatic nitrogens is 1. The number of Topliss-reactive ketones (excluding diaryl/α,β-unsaturated/α-hetero) is 1. The van der Waals surface area contributed by atoms with Gasteiger partial charge >= 0.3 is 12.2 Å². The fraction of sp³-hybridized carbons (Fsp3) is 0.240. The topological polar surface area (TPSA) is 71.1 Å². The molecule has 0 saturated heterocycles. The number of aryl methyl sites for hydroxylation is 1. The Morgan fingerprint density at radius 1 is 0.939 bits per heavy atom. The van der Waals surface area contributed by atoms with Crippen LogP contribution in [0.3, 0.4) is 0 Å². The van der Waals surface area contributed by atoms with Gasteiger partial charge in [-0.3, -0.25) is 9.78 Å². The first-order valence-electron chi connectivity index (χ1n) is 10.4. The van der Waals surface area contributed by atoms with E-state index in [2.05, 4.69) is 15.6 Å². The van der Waals surface area contributed by atoms with Gasteiger partial charge in [0, 0.05) is 24.8 Å². The fourth-order valence-electron chi connectivity index (χ4n) is 3.21. The zero-order valence-corrected chi connectivity index (χ0v) is 18.3. The summed E-state index contributed by atoms with van der Waals surface area (Å²) in [5.74, 6) is -0.00289. The van der Waals surface area contributed by atoms with E-state index < -0.39 is 17.8 Å². The van der Waals surface area contributed by atoms with Gasteiger partial charge in [-0.2, -0.15) is 13.2 Å². The SMILES string of the molecule is CCC(=O)c1cc(Cc2ccc(CNC(=O)Nc3cc(C(F)(F)F)ccc3C)cc2)ccn1. The fourth-order valence-corrected chi connectivity index (χ4v) is 3.21. The van der Waals surface area contributed by atoms with Crippen molar-refractivity contribution < 1.29 is 22.8 Å². The number of hydrogen-bond donors (Lipinski definition) is 2. The molecule has 2 aromatic carbocycles. The maximum atomic E-state index is 12.9. The third kappa shape index (κ3) is 6.65. The molecule has 172 valence electrons. The van der Waals surface area contributed by atoms with E-state index in [0.717, 1.165) is 28.8 Å². The number of nitrogens with zero attached hydrogens (tertiary/aromatic N) is 1. The molecule has 1 heterocycles. The van der Waals surface area contributed by atoms with Gasteiger partial charge in [0.2, 0.25) is 0 Å². The van der Waals surface area contributed by atoms with Crippen LogP contribution in [0.15, 0.2) is 60.8 Å². The molecule has 8 heteroatoms. The van der Waals surface area contributed by atoms with Gasteiger partial charge in [0.15, 0.2) is 5.78 Å². The number of halogens is 3. The van der Waals surface area contributed by atoms with Crippen LogP contribution >= 0.6 is 0 Å². The Morgan fingerprint density at radius 3 is 2.30 bits per heavy atom. The second kappa shape index (κ2) is 10.3. The molecule has 0 aliphatic rings. The van der Waals surface area contributed by atoms with E-state index in [-0.39, 0.29) is 18.0 Å². The minimum Gasteiger partial charge on any atom is -0.334 e. The second-order valence-corrected chi connectivity index (χ2v) is 7.65. The van der Waals surface area contributed by atoms with E-state index in [4.69, 9.17) is 0 Å². The number of carbonyl (C=O) groups excluding carboxylic acids is 2. The van der Waals surface area contributed by atoms with E-state index in [0.29, 0.717) is 24.1 Å². The molecule has 0 aliphatic heterocycles. The Balaban J connectivity index is 1.57. The van der Waals surface area contributed by atoms with E-state index in [1.807, 2.05) is 30.3 Å². The lowest BCUT2D eigenvalue weighted by atomic mass is 10.0. The monoisotopic (exact) mass is 455 g/mol. The highest BCUT2D eigenvalue weighted by Crippen LogP contribution is 2.32. The number of ketones is 1. The van der Waals surface area contributed by atoms with Crippen LogP contribution in [0, 0.1) is 6.92 Å². The Morgan fingerprint density at radius 2 is 1.64 bits per heavy atom. The van der Waals surface area contributed by atoms with Crippen molar-refractivity contribution in [3.8, 4) is 0 Å². The summed E-state index contributed by atoms with van der Waals surface area (Å²) in [7, 11) is 0. The number of amides is 2. The molecular formula is C25H24F3N3O2. The number of alkyl halides is 3. The molecule has 2 N–H and O–H groups in total. The van der Waals surface area contributed by atoms with Crippen LogP contribution in [0.2, 0.25) is 0 Å². The molecule has 1 aromatic heterocycles. The molecule has 2 amide bonds. The highest BCUT2D eigenvalue weighted by atomic mass is 19.4. The van der Waals surface area contributed by atoms with E-state index >= 15 is 0 Å². The van der Waals surface area contributed by atoms with Crippen molar-refractivity contribution in [1.29, 1.82) is 0 Å². The average molecular weight is 455 g/mol. The van der Waals surface area contributed by atoms with Gasteiger partial charge in [-0.1, -0.05) is 37.3 Å². The molecule has 0 bridgehead atoms. The molecule has 5 nitrogen and oxygen atoms in total. The standard InChI is InChI=1S/C25H24F3N3O2/c1-3-23(32)22-13-19(10-11-29-22)12-17-5-7-18(8-6-17)15-30-24(33)31-21-14-20(25(26,27)28)9-4-16(21)2/h4-11,13-14H,3,12,15H2,1-2H3,(H2,30,31,33). The minimum atomic E-state index is -4.48. The summed E-state index contributed by atoms with van der Waals surface area (Å²) in [5.41, 5.74) is 3.12. The molecule has 0 unspecified atom stereocenters. The van der Waals surface area contributed by atoms with Gasteiger partial charge in [0.25, 0.3) is 0 Å². The number of benzene rings is 2. The quantitative estimate of drug-likeness (QED) is 0.435. The van der Waals surface area contributed by atoms with Crippen molar-refractivity contribution in [2.75, 3.05) is 5.32 Å². The number of hydrogen-bond acceptors (Lipinski definition) is 3. The number of rotatable bonds is 7. The second-order valence-electron chi connectivity index (χ2n) is 7.65. The molecule has 3 aromatic rings. The Hall–Kier alpha value is -3.68. The molecule has 0 spiro atoms. The van der Waals surface area contributed by atoms with E-state index in [1.54, 1.807) is 26.1 Å². The van der Waals surface area contributed by atoms with E-state index in [1.165, 1.54) is 6.07 Å². The normalized spacial score (nSPS) is 11.2. The number of carbonyl (C=O) groups is 2. The average Bonchev–Trinajstić information content (AvgIpc) is 2.79. The lowest BCUT2D eigenvalue weighted by Crippen LogP contribution is -2.28. The maximum absolute atomic E-state index is 12.9. The van der Waals surface area contributed by atoms with Gasteiger partial charge in [-0.05, 0) is 59.9 Å². The van der Waals surface area contributed by atoms with Crippen molar-refractivity contribution >= 4 is 17.5 Å².